The van der Waals surface area contributed by atoms with Gasteiger partial charge in [0.05, 0.1) is 19.2 Å². The number of piperidine rings is 1. The maximum atomic E-state index is 12.5. The minimum absolute atomic E-state index is 0.0248. The molecule has 1 aromatic carbocycles. The number of fused-ring (bicyclic) bond motifs is 1. The Bertz CT molecular complexity index is 679. The van der Waals surface area contributed by atoms with Crippen LogP contribution in [0, 0.1) is 5.92 Å². The first kappa shape index (κ1) is 18.3. The molecule has 2 saturated heterocycles. The predicted molar refractivity (Wildman–Crippen MR) is 102 cm³/mol. The molecule has 3 aliphatic heterocycles. The van der Waals surface area contributed by atoms with Gasteiger partial charge in [0.25, 0.3) is 0 Å². The lowest BCUT2D eigenvalue weighted by atomic mass is 9.95. The van der Waals surface area contributed by atoms with Gasteiger partial charge in [0.2, 0.25) is 11.8 Å². The number of hydrogen-bond acceptors (Lipinski definition) is 4. The molecule has 0 spiro atoms. The molecular formula is C21H29N3O3. The summed E-state index contributed by atoms with van der Waals surface area (Å²) in [5, 5.41) is 3.17. The Hall–Kier alpha value is -2.08. The summed E-state index contributed by atoms with van der Waals surface area (Å²) in [6.45, 7) is 4.53. The van der Waals surface area contributed by atoms with E-state index < -0.39 is 0 Å². The van der Waals surface area contributed by atoms with Gasteiger partial charge in [-0.2, -0.15) is 0 Å². The minimum atomic E-state index is 0.0248. The lowest BCUT2D eigenvalue weighted by molar-refractivity contribution is -0.136. The SMILES string of the molecule is O=C(CN1CCC(C(=O)N2CCCC2)CC1)NC1CCOc2ccccc21. The van der Waals surface area contributed by atoms with Crippen LogP contribution >= 0.6 is 0 Å². The number of benzene rings is 1. The number of hydrogen-bond donors (Lipinski definition) is 1. The van der Waals surface area contributed by atoms with Crippen LogP contribution in [0.2, 0.25) is 0 Å². The lowest BCUT2D eigenvalue weighted by Gasteiger charge is -2.33. The molecule has 1 aromatic rings. The van der Waals surface area contributed by atoms with Crippen LogP contribution in [-0.4, -0.2) is 60.9 Å². The van der Waals surface area contributed by atoms with Gasteiger partial charge in [-0.15, -0.1) is 0 Å². The molecule has 0 aromatic heterocycles. The van der Waals surface area contributed by atoms with Gasteiger partial charge < -0.3 is 15.0 Å². The monoisotopic (exact) mass is 371 g/mol. The summed E-state index contributed by atoms with van der Waals surface area (Å²) >= 11 is 0. The van der Waals surface area contributed by atoms with Crippen molar-refractivity contribution in [1.29, 1.82) is 0 Å². The van der Waals surface area contributed by atoms with Crippen molar-refractivity contribution in [2.24, 2.45) is 5.92 Å². The summed E-state index contributed by atoms with van der Waals surface area (Å²) in [7, 11) is 0. The summed E-state index contributed by atoms with van der Waals surface area (Å²) in [6.07, 6.45) is 4.81. The Morgan fingerprint density at radius 3 is 2.56 bits per heavy atom. The van der Waals surface area contributed by atoms with E-state index in [-0.39, 0.29) is 17.9 Å². The molecule has 0 bridgehead atoms. The molecule has 2 fully saturated rings. The number of nitrogens with one attached hydrogen (secondary N) is 1. The molecule has 4 rings (SSSR count). The summed E-state index contributed by atoms with van der Waals surface area (Å²) in [5.74, 6) is 1.40. The maximum absolute atomic E-state index is 12.5. The highest BCUT2D eigenvalue weighted by Crippen LogP contribution is 2.31. The van der Waals surface area contributed by atoms with Gasteiger partial charge in [0, 0.05) is 31.0 Å². The van der Waals surface area contributed by atoms with Gasteiger partial charge >= 0.3 is 0 Å². The Morgan fingerprint density at radius 2 is 1.78 bits per heavy atom. The molecular weight excluding hydrogens is 342 g/mol. The van der Waals surface area contributed by atoms with Gasteiger partial charge in [-0.05, 0) is 44.8 Å². The van der Waals surface area contributed by atoms with E-state index in [1.165, 1.54) is 0 Å². The van der Waals surface area contributed by atoms with Crippen molar-refractivity contribution < 1.29 is 14.3 Å². The molecule has 3 heterocycles. The van der Waals surface area contributed by atoms with E-state index in [1.54, 1.807) is 0 Å². The van der Waals surface area contributed by atoms with E-state index >= 15 is 0 Å². The number of likely N-dealkylation sites (tertiary alicyclic amines) is 2. The molecule has 1 atom stereocenters. The molecule has 1 N–H and O–H groups in total. The van der Waals surface area contributed by atoms with E-state index in [1.807, 2.05) is 29.2 Å². The topological polar surface area (TPSA) is 61.9 Å². The third-order valence-electron chi connectivity index (χ3n) is 6.02. The van der Waals surface area contributed by atoms with Crippen molar-refractivity contribution in [3.05, 3.63) is 29.8 Å². The first-order valence-electron chi connectivity index (χ1n) is 10.2. The van der Waals surface area contributed by atoms with Crippen molar-refractivity contribution in [2.75, 3.05) is 39.3 Å². The first-order chi connectivity index (χ1) is 13.2. The van der Waals surface area contributed by atoms with Crippen LogP contribution in [0.3, 0.4) is 0 Å². The van der Waals surface area contributed by atoms with Crippen LogP contribution in [0.25, 0.3) is 0 Å². The molecule has 0 aliphatic carbocycles. The zero-order valence-electron chi connectivity index (χ0n) is 15.9. The molecule has 0 radical (unpaired) electrons. The molecule has 27 heavy (non-hydrogen) atoms. The highest BCUT2D eigenvalue weighted by molar-refractivity contribution is 5.80. The number of ether oxygens (including phenoxy) is 1. The number of amides is 2. The average molecular weight is 371 g/mol. The fourth-order valence-electron chi connectivity index (χ4n) is 4.47. The molecule has 3 aliphatic rings. The normalized spacial score (nSPS) is 23.6. The number of carbonyl (C=O) groups excluding carboxylic acids is 2. The van der Waals surface area contributed by atoms with Crippen molar-refractivity contribution in [2.45, 2.75) is 38.1 Å². The van der Waals surface area contributed by atoms with Gasteiger partial charge in [0.1, 0.15) is 5.75 Å². The number of para-hydroxylation sites is 1. The van der Waals surface area contributed by atoms with Gasteiger partial charge in [0.15, 0.2) is 0 Å². The van der Waals surface area contributed by atoms with Gasteiger partial charge in [-0.3, -0.25) is 14.5 Å². The van der Waals surface area contributed by atoms with Crippen molar-refractivity contribution >= 4 is 11.8 Å². The highest BCUT2D eigenvalue weighted by atomic mass is 16.5. The summed E-state index contributed by atoms with van der Waals surface area (Å²) in [5.41, 5.74) is 1.06. The largest absolute Gasteiger partial charge is 0.493 e. The fourth-order valence-corrected chi connectivity index (χ4v) is 4.47. The van der Waals surface area contributed by atoms with Gasteiger partial charge in [-0.25, -0.2) is 0 Å². The third-order valence-corrected chi connectivity index (χ3v) is 6.02. The molecule has 1 unspecified atom stereocenters. The number of rotatable bonds is 4. The number of carbonyl (C=O) groups is 2. The van der Waals surface area contributed by atoms with Crippen molar-refractivity contribution in [1.82, 2.24) is 15.1 Å². The highest BCUT2D eigenvalue weighted by Gasteiger charge is 2.30. The van der Waals surface area contributed by atoms with E-state index in [4.69, 9.17) is 4.74 Å². The Kier molecular flexibility index (Phi) is 5.62. The molecule has 0 saturated carbocycles. The minimum Gasteiger partial charge on any atom is -0.493 e. The van der Waals surface area contributed by atoms with E-state index in [2.05, 4.69) is 10.2 Å². The lowest BCUT2D eigenvalue weighted by Crippen LogP contribution is -2.45. The number of nitrogens with zero attached hydrogens (tertiary/aromatic N) is 2. The van der Waals surface area contributed by atoms with Crippen LogP contribution in [0.4, 0.5) is 0 Å². The maximum Gasteiger partial charge on any atom is 0.234 e. The zero-order chi connectivity index (χ0) is 18.6. The van der Waals surface area contributed by atoms with E-state index in [0.29, 0.717) is 19.1 Å². The third kappa shape index (κ3) is 4.26. The summed E-state index contributed by atoms with van der Waals surface area (Å²) in [6, 6.07) is 7.94. The molecule has 2 amide bonds. The Balaban J connectivity index is 1.25. The van der Waals surface area contributed by atoms with Crippen LogP contribution in [-0.2, 0) is 9.59 Å². The standard InChI is InChI=1S/C21H29N3O3/c25-20(22-18-9-14-27-19-6-2-1-5-17(18)19)15-23-12-7-16(8-13-23)21(26)24-10-3-4-11-24/h1-2,5-6,16,18H,3-4,7-15H2,(H,22,25). The van der Waals surface area contributed by atoms with Crippen LogP contribution in [0.15, 0.2) is 24.3 Å². The smallest absolute Gasteiger partial charge is 0.234 e. The van der Waals surface area contributed by atoms with Crippen LogP contribution in [0.5, 0.6) is 5.75 Å². The summed E-state index contributed by atoms with van der Waals surface area (Å²) in [4.78, 5) is 29.3. The first-order valence-corrected chi connectivity index (χ1v) is 10.2. The predicted octanol–water partition coefficient (Wildman–Crippen LogP) is 1.96. The van der Waals surface area contributed by atoms with E-state index in [9.17, 15) is 9.59 Å². The second-order valence-electron chi connectivity index (χ2n) is 7.88. The van der Waals surface area contributed by atoms with Crippen LogP contribution in [0.1, 0.15) is 43.7 Å². The quantitative estimate of drug-likeness (QED) is 0.879. The zero-order valence-corrected chi connectivity index (χ0v) is 15.9. The van der Waals surface area contributed by atoms with E-state index in [0.717, 1.165) is 69.6 Å². The van der Waals surface area contributed by atoms with Crippen molar-refractivity contribution in [3.8, 4) is 5.75 Å². The second kappa shape index (κ2) is 8.30. The van der Waals surface area contributed by atoms with Crippen molar-refractivity contribution in [3.63, 3.8) is 0 Å². The Labute approximate surface area is 160 Å². The second-order valence-corrected chi connectivity index (χ2v) is 7.88. The fraction of sp³-hybridized carbons (Fsp3) is 0.619. The summed E-state index contributed by atoms with van der Waals surface area (Å²) < 4.78 is 5.66. The van der Waals surface area contributed by atoms with Gasteiger partial charge in [-0.1, -0.05) is 18.2 Å². The molecule has 6 heteroatoms. The average Bonchev–Trinajstić information content (AvgIpc) is 3.23. The molecule has 146 valence electrons. The van der Waals surface area contributed by atoms with Crippen LogP contribution < -0.4 is 10.1 Å². The Morgan fingerprint density at radius 1 is 1.04 bits per heavy atom. The molecule has 6 nitrogen and oxygen atoms in total.